The van der Waals surface area contributed by atoms with Crippen LogP contribution in [0, 0.1) is 0 Å². The monoisotopic (exact) mass is 395 g/mol. The lowest BCUT2D eigenvalue weighted by Crippen LogP contribution is -2.03. The van der Waals surface area contributed by atoms with Crippen LogP contribution in [0.5, 0.6) is 5.75 Å². The molecule has 6 heteroatoms. The zero-order valence-electron chi connectivity index (χ0n) is 14.9. The second-order valence-electron chi connectivity index (χ2n) is 5.97. The Balaban J connectivity index is 1.62. The molecule has 0 aromatic heterocycles. The molecule has 0 heterocycles. The maximum absolute atomic E-state index is 10.4. The summed E-state index contributed by atoms with van der Waals surface area (Å²) < 4.78 is 5.80. The van der Waals surface area contributed by atoms with E-state index in [1.165, 1.54) is 6.21 Å². The fourth-order valence-corrected chi connectivity index (χ4v) is 2.61. The third-order valence-electron chi connectivity index (χ3n) is 3.86. The van der Waals surface area contributed by atoms with Crippen molar-refractivity contribution in [2.75, 3.05) is 6.61 Å². The first-order valence-electron chi connectivity index (χ1n) is 8.55. The molecule has 0 unspecified atom stereocenters. The zero-order valence-corrected chi connectivity index (χ0v) is 15.7. The van der Waals surface area contributed by atoms with Crippen LogP contribution >= 0.6 is 11.6 Å². The summed E-state index contributed by atoms with van der Waals surface area (Å²) in [6.45, 7) is 0.00643. The standard InChI is InChI=1S/C22H18ClNO4/c23-20-8-4-16(5-9-20)14-27-21-10-6-18(7-11-21)19-3-1-2-17(12-19)13-24-28-15-22(25)26/h1-13H,14-15H2,(H,25,26). The van der Waals surface area contributed by atoms with Gasteiger partial charge in [0.15, 0.2) is 0 Å². The number of nitrogens with zero attached hydrogens (tertiary/aromatic N) is 1. The third-order valence-corrected chi connectivity index (χ3v) is 4.11. The van der Waals surface area contributed by atoms with E-state index in [2.05, 4.69) is 9.99 Å². The van der Waals surface area contributed by atoms with Gasteiger partial charge in [-0.25, -0.2) is 4.79 Å². The summed E-state index contributed by atoms with van der Waals surface area (Å²) >= 11 is 5.88. The molecular formula is C22H18ClNO4. The molecule has 0 aliphatic heterocycles. The van der Waals surface area contributed by atoms with E-state index in [1.807, 2.05) is 72.8 Å². The predicted molar refractivity (Wildman–Crippen MR) is 109 cm³/mol. The number of carboxylic acids is 1. The molecule has 1 N–H and O–H groups in total. The Morgan fingerprint density at radius 1 is 1.00 bits per heavy atom. The molecule has 0 atom stereocenters. The molecule has 28 heavy (non-hydrogen) atoms. The van der Waals surface area contributed by atoms with Crippen LogP contribution in [0.15, 0.2) is 78.0 Å². The van der Waals surface area contributed by atoms with Gasteiger partial charge in [-0.05, 0) is 52.6 Å². The number of carboxylic acid groups (broad SMARTS) is 1. The van der Waals surface area contributed by atoms with Crippen LogP contribution in [0.3, 0.4) is 0 Å². The highest BCUT2D eigenvalue weighted by molar-refractivity contribution is 6.30. The lowest BCUT2D eigenvalue weighted by molar-refractivity contribution is -0.142. The van der Waals surface area contributed by atoms with Crippen LogP contribution in [-0.2, 0) is 16.2 Å². The molecule has 0 radical (unpaired) electrons. The summed E-state index contributed by atoms with van der Waals surface area (Å²) in [7, 11) is 0. The van der Waals surface area contributed by atoms with Crippen molar-refractivity contribution in [3.63, 3.8) is 0 Å². The largest absolute Gasteiger partial charge is 0.489 e. The minimum absolute atomic E-state index is 0.465. The maximum atomic E-state index is 10.4. The van der Waals surface area contributed by atoms with E-state index in [0.29, 0.717) is 11.6 Å². The van der Waals surface area contributed by atoms with Gasteiger partial charge in [-0.15, -0.1) is 0 Å². The van der Waals surface area contributed by atoms with Crippen LogP contribution in [0.1, 0.15) is 11.1 Å². The van der Waals surface area contributed by atoms with Gasteiger partial charge in [-0.3, -0.25) is 0 Å². The van der Waals surface area contributed by atoms with Gasteiger partial charge in [0.05, 0.1) is 6.21 Å². The Morgan fingerprint density at radius 3 is 2.46 bits per heavy atom. The Kier molecular flexibility index (Phi) is 6.65. The van der Waals surface area contributed by atoms with Gasteiger partial charge >= 0.3 is 5.97 Å². The molecule has 0 saturated carbocycles. The number of rotatable bonds is 8. The van der Waals surface area contributed by atoms with Gasteiger partial charge in [-0.2, -0.15) is 0 Å². The molecule has 142 valence electrons. The van der Waals surface area contributed by atoms with E-state index < -0.39 is 12.6 Å². The van der Waals surface area contributed by atoms with Gasteiger partial charge in [0.1, 0.15) is 12.4 Å². The first kappa shape index (κ1) is 19.5. The minimum atomic E-state index is -1.07. The summed E-state index contributed by atoms with van der Waals surface area (Å²) in [4.78, 5) is 15.1. The van der Waals surface area contributed by atoms with Gasteiger partial charge in [-0.1, -0.05) is 59.2 Å². The smallest absolute Gasteiger partial charge is 0.344 e. The molecule has 3 rings (SSSR count). The number of carbonyl (C=O) groups is 1. The van der Waals surface area contributed by atoms with Crippen LogP contribution in [0.2, 0.25) is 5.02 Å². The first-order valence-corrected chi connectivity index (χ1v) is 8.93. The molecule has 0 aliphatic carbocycles. The van der Waals surface area contributed by atoms with Crippen molar-refractivity contribution in [1.29, 1.82) is 0 Å². The summed E-state index contributed by atoms with van der Waals surface area (Å²) in [5.41, 5.74) is 3.89. The average molecular weight is 396 g/mol. The number of benzene rings is 3. The SMILES string of the molecule is O=C(O)CON=Cc1cccc(-c2ccc(OCc3ccc(Cl)cc3)cc2)c1. The Labute approximate surface area is 167 Å². The molecule has 0 spiro atoms. The Hall–Kier alpha value is -3.31. The number of halogens is 1. The van der Waals surface area contributed by atoms with Gasteiger partial charge in [0, 0.05) is 5.02 Å². The van der Waals surface area contributed by atoms with E-state index in [1.54, 1.807) is 0 Å². The van der Waals surface area contributed by atoms with Crippen molar-refractivity contribution in [3.8, 4) is 16.9 Å². The summed E-state index contributed by atoms with van der Waals surface area (Å²) in [6, 6.07) is 23.0. The van der Waals surface area contributed by atoms with Gasteiger partial charge in [0.2, 0.25) is 6.61 Å². The summed E-state index contributed by atoms with van der Waals surface area (Å²) in [5.74, 6) is -0.289. The second-order valence-corrected chi connectivity index (χ2v) is 6.40. The molecule has 3 aromatic carbocycles. The Bertz CT molecular complexity index is 953. The van der Waals surface area contributed by atoms with Gasteiger partial charge in [0.25, 0.3) is 0 Å². The fraction of sp³-hybridized carbons (Fsp3) is 0.0909. The molecule has 0 bridgehead atoms. The normalized spacial score (nSPS) is 10.8. The van der Waals surface area contributed by atoms with Gasteiger partial charge < -0.3 is 14.7 Å². The highest BCUT2D eigenvalue weighted by Crippen LogP contribution is 2.23. The minimum Gasteiger partial charge on any atom is -0.489 e. The van der Waals surface area contributed by atoms with E-state index in [9.17, 15) is 4.79 Å². The van der Waals surface area contributed by atoms with Crippen LogP contribution in [-0.4, -0.2) is 23.9 Å². The van der Waals surface area contributed by atoms with E-state index in [4.69, 9.17) is 21.4 Å². The number of ether oxygens (including phenoxy) is 1. The molecule has 0 amide bonds. The quantitative estimate of drug-likeness (QED) is 0.429. The number of hydrogen-bond donors (Lipinski definition) is 1. The molecular weight excluding hydrogens is 378 g/mol. The first-order chi connectivity index (χ1) is 13.6. The third kappa shape index (κ3) is 5.86. The van der Waals surface area contributed by atoms with Crippen molar-refractivity contribution in [1.82, 2.24) is 0 Å². The lowest BCUT2D eigenvalue weighted by atomic mass is 10.0. The number of oxime groups is 1. The fourth-order valence-electron chi connectivity index (χ4n) is 2.48. The van der Waals surface area contributed by atoms with Crippen LogP contribution in [0.25, 0.3) is 11.1 Å². The zero-order chi connectivity index (χ0) is 19.8. The van der Waals surface area contributed by atoms with E-state index in [0.717, 1.165) is 28.0 Å². The highest BCUT2D eigenvalue weighted by atomic mass is 35.5. The van der Waals surface area contributed by atoms with Crippen molar-refractivity contribution < 1.29 is 19.5 Å². The maximum Gasteiger partial charge on any atom is 0.344 e. The van der Waals surface area contributed by atoms with E-state index in [-0.39, 0.29) is 0 Å². The summed E-state index contributed by atoms with van der Waals surface area (Å²) in [6.07, 6.45) is 1.48. The van der Waals surface area contributed by atoms with Crippen molar-refractivity contribution in [2.24, 2.45) is 5.16 Å². The summed E-state index contributed by atoms with van der Waals surface area (Å²) in [5, 5.41) is 12.9. The van der Waals surface area contributed by atoms with Crippen molar-refractivity contribution >= 4 is 23.8 Å². The van der Waals surface area contributed by atoms with Crippen molar-refractivity contribution in [3.05, 3.63) is 88.9 Å². The van der Waals surface area contributed by atoms with E-state index >= 15 is 0 Å². The highest BCUT2D eigenvalue weighted by Gasteiger charge is 2.01. The average Bonchev–Trinajstić information content (AvgIpc) is 2.71. The molecule has 0 fully saturated rings. The Morgan fingerprint density at radius 2 is 1.75 bits per heavy atom. The van der Waals surface area contributed by atoms with Crippen LogP contribution < -0.4 is 4.74 Å². The second kappa shape index (κ2) is 9.58. The number of aliphatic carboxylic acids is 1. The predicted octanol–water partition coefficient (Wildman–Crippen LogP) is 5.02. The molecule has 0 aliphatic rings. The molecule has 0 saturated heterocycles. The lowest BCUT2D eigenvalue weighted by Gasteiger charge is -2.08. The van der Waals surface area contributed by atoms with Crippen molar-refractivity contribution in [2.45, 2.75) is 6.61 Å². The topological polar surface area (TPSA) is 68.1 Å². The van der Waals surface area contributed by atoms with Crippen LogP contribution in [0.4, 0.5) is 0 Å². The number of hydrogen-bond acceptors (Lipinski definition) is 4. The molecule has 3 aromatic rings. The molecule has 5 nitrogen and oxygen atoms in total.